The Morgan fingerprint density at radius 1 is 0.971 bits per heavy atom. The number of hydrogen-bond donors (Lipinski definition) is 0. The highest BCUT2D eigenvalue weighted by Crippen LogP contribution is 2.27. The SMILES string of the molecule is O=C(Cc1cn(-c2ccccc2)nc1-c1ccc([N+](=O)[O-])cc1)N1CCN(c2cnccn2)CC1. The molecule has 10 heteroatoms. The molecule has 0 atom stereocenters. The summed E-state index contributed by atoms with van der Waals surface area (Å²) in [5, 5.41) is 15.8. The number of amides is 1. The number of anilines is 1. The number of piperazine rings is 1. The average molecular weight is 470 g/mol. The Balaban J connectivity index is 1.37. The molecule has 1 amide bonds. The van der Waals surface area contributed by atoms with E-state index in [1.54, 1.807) is 35.4 Å². The first-order valence-corrected chi connectivity index (χ1v) is 11.3. The molecular formula is C25H23N7O3. The number of benzene rings is 2. The minimum atomic E-state index is -0.433. The summed E-state index contributed by atoms with van der Waals surface area (Å²) in [6, 6.07) is 15.9. The summed E-state index contributed by atoms with van der Waals surface area (Å²) in [5.74, 6) is 0.823. The van der Waals surface area contributed by atoms with Gasteiger partial charge in [0.25, 0.3) is 5.69 Å². The lowest BCUT2D eigenvalue weighted by Crippen LogP contribution is -2.49. The molecule has 0 N–H and O–H groups in total. The molecule has 0 radical (unpaired) electrons. The van der Waals surface area contributed by atoms with Crippen molar-refractivity contribution in [2.24, 2.45) is 0 Å². The van der Waals surface area contributed by atoms with Crippen molar-refractivity contribution in [2.45, 2.75) is 6.42 Å². The third kappa shape index (κ3) is 4.86. The fraction of sp³-hybridized carbons (Fsp3) is 0.200. The first-order chi connectivity index (χ1) is 17.1. The van der Waals surface area contributed by atoms with Gasteiger partial charge >= 0.3 is 0 Å². The van der Waals surface area contributed by atoms with E-state index in [4.69, 9.17) is 5.10 Å². The lowest BCUT2D eigenvalue weighted by Gasteiger charge is -2.35. The molecule has 0 spiro atoms. The van der Waals surface area contributed by atoms with Crippen LogP contribution in [0.4, 0.5) is 11.5 Å². The van der Waals surface area contributed by atoms with Crippen LogP contribution in [-0.2, 0) is 11.2 Å². The van der Waals surface area contributed by atoms with Crippen molar-refractivity contribution in [3.8, 4) is 16.9 Å². The number of nitro groups is 1. The molecule has 5 rings (SSSR count). The molecule has 10 nitrogen and oxygen atoms in total. The van der Waals surface area contributed by atoms with E-state index in [1.807, 2.05) is 41.4 Å². The van der Waals surface area contributed by atoms with E-state index >= 15 is 0 Å². The molecular weight excluding hydrogens is 446 g/mol. The second kappa shape index (κ2) is 9.72. The van der Waals surface area contributed by atoms with Gasteiger partial charge in [0.15, 0.2) is 0 Å². The molecule has 3 heterocycles. The number of rotatable bonds is 6. The highest BCUT2D eigenvalue weighted by Gasteiger charge is 2.24. The second-order valence-electron chi connectivity index (χ2n) is 8.20. The van der Waals surface area contributed by atoms with Crippen LogP contribution in [0, 0.1) is 10.1 Å². The molecule has 0 unspecified atom stereocenters. The van der Waals surface area contributed by atoms with Gasteiger partial charge in [0, 0.05) is 68.0 Å². The predicted octanol–water partition coefficient (Wildman–Crippen LogP) is 3.13. The maximum Gasteiger partial charge on any atom is 0.269 e. The van der Waals surface area contributed by atoms with E-state index in [0.717, 1.165) is 22.6 Å². The van der Waals surface area contributed by atoms with Crippen LogP contribution in [0.2, 0.25) is 0 Å². The summed E-state index contributed by atoms with van der Waals surface area (Å²) in [4.78, 5) is 36.3. The van der Waals surface area contributed by atoms with Crippen molar-refractivity contribution in [3.63, 3.8) is 0 Å². The van der Waals surface area contributed by atoms with Gasteiger partial charge in [-0.15, -0.1) is 0 Å². The Kier molecular flexibility index (Phi) is 6.16. The number of non-ortho nitro benzene ring substituents is 1. The van der Waals surface area contributed by atoms with E-state index in [9.17, 15) is 14.9 Å². The Morgan fingerprint density at radius 2 is 1.71 bits per heavy atom. The van der Waals surface area contributed by atoms with E-state index in [2.05, 4.69) is 14.9 Å². The van der Waals surface area contributed by atoms with Crippen LogP contribution in [0.15, 0.2) is 79.4 Å². The van der Waals surface area contributed by atoms with E-state index in [0.29, 0.717) is 31.9 Å². The minimum absolute atomic E-state index is 0.00912. The Morgan fingerprint density at radius 3 is 2.37 bits per heavy atom. The zero-order chi connectivity index (χ0) is 24.2. The van der Waals surface area contributed by atoms with Crippen molar-refractivity contribution in [2.75, 3.05) is 31.1 Å². The van der Waals surface area contributed by atoms with Gasteiger partial charge in [-0.25, -0.2) is 9.67 Å². The van der Waals surface area contributed by atoms with Gasteiger partial charge in [-0.05, 0) is 24.3 Å². The normalized spacial score (nSPS) is 13.6. The average Bonchev–Trinajstić information content (AvgIpc) is 3.33. The summed E-state index contributed by atoms with van der Waals surface area (Å²) in [6.45, 7) is 2.55. The lowest BCUT2D eigenvalue weighted by atomic mass is 10.0. The number of carbonyl (C=O) groups excluding carboxylic acids is 1. The third-order valence-corrected chi connectivity index (χ3v) is 6.01. The molecule has 1 saturated heterocycles. The van der Waals surface area contributed by atoms with Gasteiger partial charge in [-0.3, -0.25) is 19.9 Å². The zero-order valence-electron chi connectivity index (χ0n) is 18.9. The topological polar surface area (TPSA) is 110 Å². The Labute approximate surface area is 201 Å². The van der Waals surface area contributed by atoms with E-state index in [-0.39, 0.29) is 18.0 Å². The molecule has 0 saturated carbocycles. The fourth-order valence-corrected chi connectivity index (χ4v) is 4.15. The van der Waals surface area contributed by atoms with Crippen molar-refractivity contribution in [1.82, 2.24) is 24.6 Å². The number of para-hydroxylation sites is 1. The van der Waals surface area contributed by atoms with Gasteiger partial charge in [0.2, 0.25) is 5.91 Å². The van der Waals surface area contributed by atoms with Crippen molar-refractivity contribution in [3.05, 3.63) is 95.1 Å². The maximum absolute atomic E-state index is 13.2. The van der Waals surface area contributed by atoms with Crippen LogP contribution in [0.3, 0.4) is 0 Å². The molecule has 4 aromatic rings. The number of aromatic nitrogens is 4. The number of hydrogen-bond acceptors (Lipinski definition) is 7. The molecule has 1 aliphatic heterocycles. The molecule has 0 bridgehead atoms. The van der Waals surface area contributed by atoms with Crippen LogP contribution in [-0.4, -0.2) is 61.7 Å². The third-order valence-electron chi connectivity index (χ3n) is 6.01. The van der Waals surface area contributed by atoms with Crippen LogP contribution in [0.25, 0.3) is 16.9 Å². The van der Waals surface area contributed by atoms with Crippen LogP contribution < -0.4 is 4.90 Å². The van der Waals surface area contributed by atoms with Gasteiger partial charge in [-0.2, -0.15) is 5.10 Å². The summed E-state index contributed by atoms with van der Waals surface area (Å²) in [6.07, 6.45) is 7.08. The molecule has 2 aromatic heterocycles. The summed E-state index contributed by atoms with van der Waals surface area (Å²) in [7, 11) is 0. The summed E-state index contributed by atoms with van der Waals surface area (Å²) >= 11 is 0. The minimum Gasteiger partial charge on any atom is -0.352 e. The van der Waals surface area contributed by atoms with Crippen LogP contribution >= 0.6 is 0 Å². The van der Waals surface area contributed by atoms with Crippen molar-refractivity contribution in [1.29, 1.82) is 0 Å². The van der Waals surface area contributed by atoms with E-state index in [1.165, 1.54) is 12.1 Å². The molecule has 1 aliphatic rings. The summed E-state index contributed by atoms with van der Waals surface area (Å²) in [5.41, 5.74) is 3.00. The van der Waals surface area contributed by atoms with Crippen molar-refractivity contribution < 1.29 is 9.72 Å². The van der Waals surface area contributed by atoms with Crippen molar-refractivity contribution >= 4 is 17.4 Å². The number of carbonyl (C=O) groups is 1. The van der Waals surface area contributed by atoms with Gasteiger partial charge < -0.3 is 9.80 Å². The van der Waals surface area contributed by atoms with Crippen LogP contribution in [0.5, 0.6) is 0 Å². The van der Waals surface area contributed by atoms with Gasteiger partial charge in [0.05, 0.1) is 28.9 Å². The second-order valence-corrected chi connectivity index (χ2v) is 8.20. The largest absolute Gasteiger partial charge is 0.352 e. The molecule has 35 heavy (non-hydrogen) atoms. The highest BCUT2D eigenvalue weighted by atomic mass is 16.6. The number of nitrogens with zero attached hydrogens (tertiary/aromatic N) is 7. The standard InChI is InChI=1S/C25H23N7O3/c33-24(30-14-12-29(13-15-30)23-17-26-10-11-27-23)16-20-18-31(21-4-2-1-3-5-21)28-25(20)19-6-8-22(9-7-19)32(34)35/h1-11,17-18H,12-16H2. The molecule has 1 fully saturated rings. The zero-order valence-corrected chi connectivity index (χ0v) is 18.9. The van der Waals surface area contributed by atoms with Crippen LogP contribution in [0.1, 0.15) is 5.56 Å². The molecule has 2 aromatic carbocycles. The molecule has 176 valence electrons. The first-order valence-electron chi connectivity index (χ1n) is 11.3. The van der Waals surface area contributed by atoms with Gasteiger partial charge in [0.1, 0.15) is 5.82 Å². The lowest BCUT2D eigenvalue weighted by molar-refractivity contribution is -0.384. The summed E-state index contributed by atoms with van der Waals surface area (Å²) < 4.78 is 1.74. The monoisotopic (exact) mass is 469 g/mol. The highest BCUT2D eigenvalue weighted by molar-refractivity contribution is 5.81. The smallest absolute Gasteiger partial charge is 0.269 e. The molecule has 0 aliphatic carbocycles. The van der Waals surface area contributed by atoms with Gasteiger partial charge in [-0.1, -0.05) is 18.2 Å². The Hall–Kier alpha value is -4.60. The predicted molar refractivity (Wildman–Crippen MR) is 130 cm³/mol. The Bertz CT molecular complexity index is 1320. The first kappa shape index (κ1) is 22.2. The number of nitro benzene ring substituents is 1. The van der Waals surface area contributed by atoms with E-state index < -0.39 is 4.92 Å². The fourth-order valence-electron chi connectivity index (χ4n) is 4.15. The quantitative estimate of drug-likeness (QED) is 0.315. The maximum atomic E-state index is 13.2.